The van der Waals surface area contributed by atoms with Gasteiger partial charge in [0.1, 0.15) is 17.3 Å². The molecule has 0 spiro atoms. The normalized spacial score (nSPS) is 18.4. The van der Waals surface area contributed by atoms with Gasteiger partial charge in [-0.25, -0.2) is 13.3 Å². The Morgan fingerprint density at radius 2 is 1.88 bits per heavy atom. The topological polar surface area (TPSA) is 117 Å². The predicted molar refractivity (Wildman–Crippen MR) is 162 cm³/mol. The lowest BCUT2D eigenvalue weighted by molar-refractivity contribution is -0.107. The Balaban J connectivity index is 1.22. The number of nitrogens with one attached hydrogen (secondary N) is 1. The summed E-state index contributed by atoms with van der Waals surface area (Å²) in [6, 6.07) is 14.6. The number of aromatic nitrogens is 2. The fourth-order valence-corrected chi connectivity index (χ4v) is 7.24. The number of carbonyl (C=O) groups is 2. The second kappa shape index (κ2) is 13.2. The van der Waals surface area contributed by atoms with Crippen LogP contribution >= 0.6 is 0 Å². The maximum absolute atomic E-state index is 13.1. The smallest absolute Gasteiger partial charge is 0.322 e. The van der Waals surface area contributed by atoms with Crippen molar-refractivity contribution in [1.29, 1.82) is 0 Å². The van der Waals surface area contributed by atoms with Crippen molar-refractivity contribution in [2.24, 2.45) is 12.8 Å². The van der Waals surface area contributed by atoms with E-state index in [0.717, 1.165) is 80.5 Å². The molecule has 0 saturated carbocycles. The first-order valence-electron chi connectivity index (χ1n) is 14.5. The summed E-state index contributed by atoms with van der Waals surface area (Å²) in [4.78, 5) is 28.4. The Bertz CT molecular complexity index is 1390. The number of piperidine rings is 2. The molecule has 2 amide bonds. The number of fused-ring (bicyclic) bond motifs is 1. The summed E-state index contributed by atoms with van der Waals surface area (Å²) in [5.74, 6) is 1.01. The molecule has 2 saturated heterocycles. The van der Waals surface area contributed by atoms with Crippen molar-refractivity contribution in [1.82, 2.24) is 24.3 Å². The average molecular weight is 580 g/mol. The van der Waals surface area contributed by atoms with E-state index in [-0.39, 0.29) is 25.0 Å². The Morgan fingerprint density at radius 1 is 1.12 bits per heavy atom. The lowest BCUT2D eigenvalue weighted by Gasteiger charge is -2.32. The molecule has 1 atom stereocenters. The first-order valence-corrected chi connectivity index (χ1v) is 15.6. The molecule has 0 aliphatic carbocycles. The Morgan fingerprint density at radius 3 is 2.59 bits per heavy atom. The number of rotatable bonds is 9. The summed E-state index contributed by atoms with van der Waals surface area (Å²) in [5, 5.41) is 8.18. The molecule has 11 heteroatoms. The number of carbonyl (C=O) groups excluding carboxylic acids is 2. The maximum atomic E-state index is 13.1. The van der Waals surface area contributed by atoms with Crippen LogP contribution < -0.4 is 16.0 Å². The molecule has 220 valence electrons. The fraction of sp³-hybridized carbons (Fsp3) is 0.500. The van der Waals surface area contributed by atoms with Gasteiger partial charge in [0.15, 0.2) is 5.82 Å². The van der Waals surface area contributed by atoms with E-state index in [0.29, 0.717) is 11.7 Å². The number of likely N-dealkylation sites (tertiary alicyclic amines) is 1. The number of benzene rings is 2. The molecular formula is C30H41N7O3S. The van der Waals surface area contributed by atoms with Crippen molar-refractivity contribution in [3.05, 3.63) is 53.6 Å². The van der Waals surface area contributed by atoms with Gasteiger partial charge < -0.3 is 15.8 Å². The zero-order valence-corrected chi connectivity index (χ0v) is 24.8. The van der Waals surface area contributed by atoms with Crippen molar-refractivity contribution in [2.45, 2.75) is 55.5 Å². The van der Waals surface area contributed by atoms with E-state index < -0.39 is 11.0 Å². The van der Waals surface area contributed by atoms with Crippen molar-refractivity contribution >= 4 is 40.0 Å². The molecule has 1 aromatic heterocycles. The second-order valence-electron chi connectivity index (χ2n) is 11.1. The zero-order chi connectivity index (χ0) is 28.9. The van der Waals surface area contributed by atoms with Crippen LogP contribution in [-0.2, 0) is 29.4 Å². The van der Waals surface area contributed by atoms with Gasteiger partial charge in [0.2, 0.25) is 0 Å². The molecule has 2 aromatic carbocycles. The van der Waals surface area contributed by atoms with E-state index in [1.807, 2.05) is 28.2 Å². The molecule has 1 unspecified atom stereocenters. The third kappa shape index (κ3) is 6.69. The fourth-order valence-electron chi connectivity index (χ4n) is 5.95. The van der Waals surface area contributed by atoms with Gasteiger partial charge in [-0.1, -0.05) is 18.2 Å². The van der Waals surface area contributed by atoms with Crippen molar-refractivity contribution in [2.75, 3.05) is 44.7 Å². The number of hydrogen-bond acceptors (Lipinski definition) is 6. The van der Waals surface area contributed by atoms with Gasteiger partial charge in [0.05, 0.1) is 10.4 Å². The van der Waals surface area contributed by atoms with E-state index in [1.54, 1.807) is 7.05 Å². The van der Waals surface area contributed by atoms with Crippen LogP contribution in [0.2, 0.25) is 0 Å². The van der Waals surface area contributed by atoms with Crippen LogP contribution in [-0.4, -0.2) is 81.3 Å². The summed E-state index contributed by atoms with van der Waals surface area (Å²) in [7, 11) is 2.33. The summed E-state index contributed by atoms with van der Waals surface area (Å²) in [5.41, 5.74) is 9.47. The molecule has 3 N–H and O–H groups in total. The Kier molecular flexibility index (Phi) is 9.49. The van der Waals surface area contributed by atoms with Crippen LogP contribution in [0, 0.1) is 0 Å². The van der Waals surface area contributed by atoms with Crippen LogP contribution in [0.1, 0.15) is 49.1 Å². The van der Waals surface area contributed by atoms with E-state index in [2.05, 4.69) is 45.6 Å². The highest BCUT2D eigenvalue weighted by molar-refractivity contribution is 7.82. The summed E-state index contributed by atoms with van der Waals surface area (Å²) in [6.45, 7) is 4.68. The average Bonchev–Trinajstić information content (AvgIpc) is 3.33. The predicted octanol–water partition coefficient (Wildman–Crippen LogP) is 3.13. The lowest BCUT2D eigenvalue weighted by Crippen LogP contribution is -2.40. The number of aryl methyl sites for hydroxylation is 1. The summed E-state index contributed by atoms with van der Waals surface area (Å²) < 4.78 is 17.0. The molecule has 41 heavy (non-hydrogen) atoms. The van der Waals surface area contributed by atoms with Gasteiger partial charge in [-0.15, -0.1) is 0 Å². The molecule has 2 aliphatic rings. The van der Waals surface area contributed by atoms with E-state index in [4.69, 9.17) is 5.73 Å². The molecule has 0 bridgehead atoms. The van der Waals surface area contributed by atoms with E-state index in [9.17, 15) is 13.8 Å². The summed E-state index contributed by atoms with van der Waals surface area (Å²) in [6.07, 6.45) is 4.96. The van der Waals surface area contributed by atoms with E-state index in [1.165, 1.54) is 16.0 Å². The molecule has 2 aliphatic heterocycles. The largest absolute Gasteiger partial charge is 0.341 e. The maximum Gasteiger partial charge on any atom is 0.322 e. The van der Waals surface area contributed by atoms with Crippen molar-refractivity contribution < 1.29 is 13.8 Å². The Hall–Kier alpha value is -3.12. The quantitative estimate of drug-likeness (QED) is 0.376. The highest BCUT2D eigenvalue weighted by Crippen LogP contribution is 2.33. The number of anilines is 1. The van der Waals surface area contributed by atoms with Crippen LogP contribution in [0.15, 0.2) is 47.4 Å². The van der Waals surface area contributed by atoms with Gasteiger partial charge in [-0.2, -0.15) is 5.10 Å². The van der Waals surface area contributed by atoms with Crippen LogP contribution in [0.4, 0.5) is 10.6 Å². The van der Waals surface area contributed by atoms with Gasteiger partial charge in [-0.05, 0) is 80.1 Å². The first-order chi connectivity index (χ1) is 19.9. The second-order valence-corrected chi connectivity index (χ2v) is 12.6. The van der Waals surface area contributed by atoms with Gasteiger partial charge in [0.25, 0.3) is 0 Å². The van der Waals surface area contributed by atoms with Gasteiger partial charge >= 0.3 is 6.03 Å². The number of amides is 2. The Labute approximate surface area is 244 Å². The molecule has 3 heterocycles. The SMILES string of the molecule is CNC(=O)N(CCC=O)c1nn(C)c2cc(C3CCN(Cc4cccc(S(=O)N5CCC(N)CC5)c4)CC3)ccc12. The zero-order valence-electron chi connectivity index (χ0n) is 24.0. The third-order valence-electron chi connectivity index (χ3n) is 8.34. The molecule has 10 nitrogen and oxygen atoms in total. The summed E-state index contributed by atoms with van der Waals surface area (Å²) >= 11 is 0. The molecule has 3 aromatic rings. The minimum Gasteiger partial charge on any atom is -0.341 e. The van der Waals surface area contributed by atoms with Crippen molar-refractivity contribution in [3.8, 4) is 0 Å². The van der Waals surface area contributed by atoms with Crippen LogP contribution in [0.5, 0.6) is 0 Å². The number of urea groups is 1. The number of nitrogens with zero attached hydrogens (tertiary/aromatic N) is 5. The minimum atomic E-state index is -1.14. The molecule has 5 rings (SSSR count). The first kappa shape index (κ1) is 29.4. The molecule has 0 radical (unpaired) electrons. The highest BCUT2D eigenvalue weighted by Gasteiger charge is 2.25. The van der Waals surface area contributed by atoms with Crippen LogP contribution in [0.25, 0.3) is 10.9 Å². The molecule has 2 fully saturated rings. The van der Waals surface area contributed by atoms with Crippen LogP contribution in [0.3, 0.4) is 0 Å². The molecular weight excluding hydrogens is 538 g/mol. The third-order valence-corrected chi connectivity index (χ3v) is 9.83. The monoisotopic (exact) mass is 579 g/mol. The minimum absolute atomic E-state index is 0.222. The number of hydrogen-bond donors (Lipinski definition) is 2. The van der Waals surface area contributed by atoms with Gasteiger partial charge in [-0.3, -0.25) is 14.5 Å². The van der Waals surface area contributed by atoms with Crippen molar-refractivity contribution in [3.63, 3.8) is 0 Å². The number of nitrogens with two attached hydrogens (primary N) is 1. The number of aldehydes is 1. The van der Waals surface area contributed by atoms with E-state index >= 15 is 0 Å². The lowest BCUT2D eigenvalue weighted by atomic mass is 9.89. The van der Waals surface area contributed by atoms with Gasteiger partial charge in [0, 0.05) is 58.1 Å². The standard InChI is InChI=1S/C30H41N7O3S/c1-32-30(39)37(13-4-18-38)29-27-8-7-24(20-28(27)34(2)33-29)23-9-14-35(15-10-23)21-22-5-3-6-26(19-22)41(40)36-16-11-25(31)12-17-36/h3,5-8,18-20,23,25H,4,9-17,21,31H2,1-2H3,(H,32,39). The highest BCUT2D eigenvalue weighted by atomic mass is 32.2.